The molecule has 108 valence electrons. The number of carbonyl (C=O) groups is 1. The summed E-state index contributed by atoms with van der Waals surface area (Å²) in [5.74, 6) is -0.941. The molecule has 19 heavy (non-hydrogen) atoms. The first-order valence-electron chi connectivity index (χ1n) is 5.99. The topological polar surface area (TPSA) is 89.1 Å². The zero-order chi connectivity index (χ0) is 14.6. The van der Waals surface area contributed by atoms with Crippen molar-refractivity contribution in [1.29, 1.82) is 0 Å². The molecule has 0 radical (unpaired) electrons. The van der Waals surface area contributed by atoms with Gasteiger partial charge < -0.3 is 4.74 Å². The minimum atomic E-state index is -4.06. The summed E-state index contributed by atoms with van der Waals surface area (Å²) >= 11 is 0. The predicted octanol–water partition coefficient (Wildman–Crippen LogP) is 2.42. The largest absolute Gasteiger partial charge is 0.461 e. The second kappa shape index (κ2) is 6.38. The van der Waals surface area contributed by atoms with Gasteiger partial charge in [-0.2, -0.15) is 5.10 Å². The Labute approximate surface area is 116 Å². The van der Waals surface area contributed by atoms with Gasteiger partial charge in [-0.1, -0.05) is 27.2 Å². The third-order valence-corrected chi connectivity index (χ3v) is 3.86. The Morgan fingerprint density at radius 2 is 2.11 bits per heavy atom. The van der Waals surface area contributed by atoms with Crippen molar-refractivity contribution in [3.05, 3.63) is 11.4 Å². The molecule has 0 bridgehead atoms. The predicted molar refractivity (Wildman–Crippen MR) is 70.9 cm³/mol. The van der Waals surface area contributed by atoms with Crippen molar-refractivity contribution in [3.63, 3.8) is 0 Å². The average molecular weight is 309 g/mol. The minimum absolute atomic E-state index is 0.159. The molecule has 0 spiro atoms. The molecule has 1 rings (SSSR count). The summed E-state index contributed by atoms with van der Waals surface area (Å²) in [6.07, 6.45) is 1.57. The quantitative estimate of drug-likeness (QED) is 0.495. The fraction of sp³-hybridized carbons (Fsp3) is 0.636. The lowest BCUT2D eigenvalue weighted by Crippen LogP contribution is -2.11. The van der Waals surface area contributed by atoms with Gasteiger partial charge in [0.2, 0.25) is 0 Å². The fourth-order valence-corrected chi connectivity index (χ4v) is 2.87. The van der Waals surface area contributed by atoms with E-state index in [0.717, 1.165) is 6.42 Å². The number of aromatic amines is 1. The molecule has 6 nitrogen and oxygen atoms in total. The van der Waals surface area contributed by atoms with E-state index < -0.39 is 15.0 Å². The Bertz CT molecular complexity index is 551. The third-order valence-electron chi connectivity index (χ3n) is 2.49. The molecule has 1 aromatic heterocycles. The van der Waals surface area contributed by atoms with E-state index in [4.69, 9.17) is 15.4 Å². The number of esters is 1. The monoisotopic (exact) mass is 308 g/mol. The molecule has 1 heterocycles. The first-order valence-corrected chi connectivity index (χ1v) is 8.30. The van der Waals surface area contributed by atoms with E-state index in [1.165, 1.54) is 0 Å². The van der Waals surface area contributed by atoms with Crippen LogP contribution in [0.3, 0.4) is 0 Å². The third kappa shape index (κ3) is 3.94. The number of ether oxygens (including phenoxy) is 1. The van der Waals surface area contributed by atoms with E-state index in [9.17, 15) is 13.2 Å². The highest BCUT2D eigenvalue weighted by atomic mass is 35.7. The van der Waals surface area contributed by atoms with Crippen LogP contribution in [0, 0.1) is 0 Å². The summed E-state index contributed by atoms with van der Waals surface area (Å²) < 4.78 is 28.1. The van der Waals surface area contributed by atoms with Crippen LogP contribution in [-0.2, 0) is 13.8 Å². The molecule has 0 aromatic carbocycles. The maximum atomic E-state index is 11.8. The van der Waals surface area contributed by atoms with Gasteiger partial charge in [-0.05, 0) is 12.3 Å². The summed E-state index contributed by atoms with van der Waals surface area (Å²) in [5, 5.41) is 6.26. The average Bonchev–Trinajstić information content (AvgIpc) is 2.73. The van der Waals surface area contributed by atoms with Crippen LogP contribution < -0.4 is 0 Å². The molecular formula is C11H17ClN2O4S. The van der Waals surface area contributed by atoms with Gasteiger partial charge in [0, 0.05) is 10.7 Å². The van der Waals surface area contributed by atoms with Crippen LogP contribution >= 0.6 is 10.7 Å². The highest BCUT2D eigenvalue weighted by Crippen LogP contribution is 2.28. The van der Waals surface area contributed by atoms with Crippen molar-refractivity contribution in [1.82, 2.24) is 10.2 Å². The van der Waals surface area contributed by atoms with Gasteiger partial charge >= 0.3 is 5.97 Å². The van der Waals surface area contributed by atoms with Crippen molar-refractivity contribution in [2.24, 2.45) is 0 Å². The van der Waals surface area contributed by atoms with Gasteiger partial charge in [0.15, 0.2) is 5.69 Å². The summed E-state index contributed by atoms with van der Waals surface area (Å²) in [5.41, 5.74) is 0.0206. The van der Waals surface area contributed by atoms with Crippen LogP contribution in [-0.4, -0.2) is 31.2 Å². The number of hydrogen-bond donors (Lipinski definition) is 1. The SMILES string of the molecule is CCCCOC(=O)c1n[nH]c(C(C)C)c1S(=O)(=O)Cl. The van der Waals surface area contributed by atoms with Gasteiger partial charge in [0.05, 0.1) is 12.3 Å². The number of aromatic nitrogens is 2. The van der Waals surface area contributed by atoms with Gasteiger partial charge in [-0.15, -0.1) is 0 Å². The maximum Gasteiger partial charge on any atom is 0.360 e. The maximum absolute atomic E-state index is 11.8. The Balaban J connectivity index is 3.12. The molecular weight excluding hydrogens is 292 g/mol. The fourth-order valence-electron chi connectivity index (χ4n) is 1.50. The number of carbonyl (C=O) groups excluding carboxylic acids is 1. The van der Waals surface area contributed by atoms with Crippen molar-refractivity contribution in [3.8, 4) is 0 Å². The zero-order valence-corrected chi connectivity index (χ0v) is 12.6. The minimum Gasteiger partial charge on any atom is -0.461 e. The van der Waals surface area contributed by atoms with Crippen LogP contribution in [0.15, 0.2) is 4.90 Å². The normalized spacial score (nSPS) is 11.8. The number of hydrogen-bond acceptors (Lipinski definition) is 5. The molecule has 0 unspecified atom stereocenters. The molecule has 8 heteroatoms. The van der Waals surface area contributed by atoms with Crippen molar-refractivity contribution in [2.45, 2.75) is 44.4 Å². The Morgan fingerprint density at radius 3 is 2.58 bits per heavy atom. The first kappa shape index (κ1) is 16.0. The van der Waals surface area contributed by atoms with E-state index >= 15 is 0 Å². The first-order chi connectivity index (χ1) is 8.79. The molecule has 0 saturated carbocycles. The van der Waals surface area contributed by atoms with E-state index in [0.29, 0.717) is 12.1 Å². The lowest BCUT2D eigenvalue weighted by atomic mass is 10.1. The van der Waals surface area contributed by atoms with Crippen molar-refractivity contribution >= 4 is 25.7 Å². The van der Waals surface area contributed by atoms with Crippen LogP contribution in [0.4, 0.5) is 0 Å². The second-order valence-corrected chi connectivity index (χ2v) is 6.90. The second-order valence-electron chi connectivity index (χ2n) is 4.40. The summed E-state index contributed by atoms with van der Waals surface area (Å²) in [4.78, 5) is 11.5. The highest BCUT2D eigenvalue weighted by molar-refractivity contribution is 8.13. The van der Waals surface area contributed by atoms with Crippen LogP contribution in [0.1, 0.15) is 55.7 Å². The molecule has 0 aliphatic carbocycles. The van der Waals surface area contributed by atoms with E-state index in [1.807, 2.05) is 6.92 Å². The number of unbranched alkanes of at least 4 members (excludes halogenated alkanes) is 1. The molecule has 0 amide bonds. The summed E-state index contributed by atoms with van der Waals surface area (Å²) in [7, 11) is 1.30. The number of nitrogens with zero attached hydrogens (tertiary/aromatic N) is 1. The molecule has 0 aliphatic rings. The number of rotatable bonds is 6. The molecule has 0 fully saturated rings. The number of halogens is 1. The standard InChI is InChI=1S/C11H17ClN2O4S/c1-4-5-6-18-11(15)9-10(19(12,16)17)8(7(2)3)13-14-9/h7H,4-6H2,1-3H3,(H,13,14). The Kier molecular flexibility index (Phi) is 5.37. The van der Waals surface area contributed by atoms with Gasteiger partial charge in [-0.3, -0.25) is 5.10 Å². The molecule has 1 N–H and O–H groups in total. The van der Waals surface area contributed by atoms with E-state index in [2.05, 4.69) is 10.2 Å². The van der Waals surface area contributed by atoms with Crippen LogP contribution in [0.25, 0.3) is 0 Å². The summed E-state index contributed by atoms with van der Waals surface area (Å²) in [6, 6.07) is 0. The molecule has 0 saturated heterocycles. The van der Waals surface area contributed by atoms with Crippen molar-refractivity contribution < 1.29 is 17.9 Å². The lowest BCUT2D eigenvalue weighted by Gasteiger charge is -2.05. The van der Waals surface area contributed by atoms with Crippen LogP contribution in [0.2, 0.25) is 0 Å². The summed E-state index contributed by atoms with van der Waals surface area (Å²) in [6.45, 7) is 5.71. The Hall–Kier alpha value is -1.08. The van der Waals surface area contributed by atoms with Gasteiger partial charge in [0.25, 0.3) is 9.05 Å². The van der Waals surface area contributed by atoms with E-state index in [1.54, 1.807) is 13.8 Å². The lowest BCUT2D eigenvalue weighted by molar-refractivity contribution is 0.0488. The van der Waals surface area contributed by atoms with Crippen molar-refractivity contribution in [2.75, 3.05) is 6.61 Å². The smallest absolute Gasteiger partial charge is 0.360 e. The zero-order valence-electron chi connectivity index (χ0n) is 11.1. The number of H-pyrrole nitrogens is 1. The highest BCUT2D eigenvalue weighted by Gasteiger charge is 2.30. The molecule has 0 atom stereocenters. The molecule has 1 aromatic rings. The molecule has 0 aliphatic heterocycles. The van der Waals surface area contributed by atoms with E-state index in [-0.39, 0.29) is 23.1 Å². The van der Waals surface area contributed by atoms with Gasteiger partial charge in [-0.25, -0.2) is 13.2 Å². The van der Waals surface area contributed by atoms with Crippen LogP contribution in [0.5, 0.6) is 0 Å². The Morgan fingerprint density at radius 1 is 1.47 bits per heavy atom. The number of nitrogens with one attached hydrogen (secondary N) is 1. The van der Waals surface area contributed by atoms with Gasteiger partial charge in [0.1, 0.15) is 4.90 Å².